The van der Waals surface area contributed by atoms with Crippen LogP contribution in [0.25, 0.3) is 10.1 Å². The Morgan fingerprint density at radius 2 is 1.74 bits per heavy atom. The van der Waals surface area contributed by atoms with E-state index in [0.717, 1.165) is 11.3 Å². The van der Waals surface area contributed by atoms with Crippen molar-refractivity contribution in [2.24, 2.45) is 0 Å². The Hall–Kier alpha value is -3.42. The monoisotopic (exact) mass is 455 g/mol. The zero-order valence-electron chi connectivity index (χ0n) is 15.9. The number of anilines is 1. The standard InChI is InChI=1S/C23H15ClFNO4S/c24-21-16-11-10-14(25)12-19(16)31-22(21)23(28)29-13-20(27)26-17-8-4-5-9-18(17)30-15-6-2-1-3-7-15/h1-12H,13H2,(H,26,27). The summed E-state index contributed by atoms with van der Waals surface area (Å²) in [7, 11) is 0. The Balaban J connectivity index is 1.41. The molecule has 0 saturated carbocycles. The fourth-order valence-corrected chi connectivity index (χ4v) is 4.25. The summed E-state index contributed by atoms with van der Waals surface area (Å²) in [5, 5.41) is 3.39. The number of thiophene rings is 1. The highest BCUT2D eigenvalue weighted by Gasteiger charge is 2.20. The van der Waals surface area contributed by atoms with Crippen molar-refractivity contribution >= 4 is 50.6 Å². The number of amides is 1. The Morgan fingerprint density at radius 3 is 2.55 bits per heavy atom. The minimum absolute atomic E-state index is 0.114. The molecule has 0 aliphatic heterocycles. The third-order valence-corrected chi connectivity index (χ3v) is 5.88. The molecule has 1 N–H and O–H groups in total. The number of ether oxygens (including phenoxy) is 2. The van der Waals surface area contributed by atoms with Gasteiger partial charge in [0.15, 0.2) is 12.4 Å². The van der Waals surface area contributed by atoms with Gasteiger partial charge in [0, 0.05) is 10.1 Å². The molecule has 0 saturated heterocycles. The van der Waals surface area contributed by atoms with Gasteiger partial charge in [0.25, 0.3) is 5.91 Å². The lowest BCUT2D eigenvalue weighted by atomic mass is 10.2. The Labute approximate surface area is 186 Å². The number of nitrogens with one attached hydrogen (secondary N) is 1. The van der Waals surface area contributed by atoms with Crippen molar-refractivity contribution in [2.75, 3.05) is 11.9 Å². The number of para-hydroxylation sites is 3. The molecule has 0 spiro atoms. The van der Waals surface area contributed by atoms with Crippen LogP contribution in [0.2, 0.25) is 5.02 Å². The second-order valence-corrected chi connectivity index (χ2v) is 7.85. The lowest BCUT2D eigenvalue weighted by Crippen LogP contribution is -2.21. The van der Waals surface area contributed by atoms with Crippen molar-refractivity contribution < 1.29 is 23.5 Å². The number of carbonyl (C=O) groups excluding carboxylic acids is 2. The fraction of sp³-hybridized carbons (Fsp3) is 0.0435. The maximum Gasteiger partial charge on any atom is 0.350 e. The van der Waals surface area contributed by atoms with Crippen molar-refractivity contribution in [3.8, 4) is 11.5 Å². The first-order valence-corrected chi connectivity index (χ1v) is 10.4. The molecule has 0 aliphatic carbocycles. The van der Waals surface area contributed by atoms with Gasteiger partial charge in [-0.3, -0.25) is 4.79 Å². The summed E-state index contributed by atoms with van der Waals surface area (Å²) >= 11 is 7.22. The van der Waals surface area contributed by atoms with Gasteiger partial charge in [0.1, 0.15) is 16.4 Å². The van der Waals surface area contributed by atoms with Crippen LogP contribution in [-0.2, 0) is 9.53 Å². The zero-order valence-corrected chi connectivity index (χ0v) is 17.5. The van der Waals surface area contributed by atoms with Crippen molar-refractivity contribution in [1.29, 1.82) is 0 Å². The zero-order chi connectivity index (χ0) is 21.8. The van der Waals surface area contributed by atoms with E-state index < -0.39 is 24.3 Å². The lowest BCUT2D eigenvalue weighted by Gasteiger charge is -2.12. The minimum Gasteiger partial charge on any atom is -0.455 e. The normalized spacial score (nSPS) is 10.6. The van der Waals surface area contributed by atoms with Gasteiger partial charge in [-0.15, -0.1) is 11.3 Å². The van der Waals surface area contributed by atoms with E-state index in [1.54, 1.807) is 36.4 Å². The van der Waals surface area contributed by atoms with E-state index >= 15 is 0 Å². The molecule has 0 unspecified atom stereocenters. The summed E-state index contributed by atoms with van der Waals surface area (Å²) in [6, 6.07) is 20.1. The predicted octanol–water partition coefficient (Wildman–Crippen LogP) is 6.28. The average Bonchev–Trinajstić information content (AvgIpc) is 3.10. The van der Waals surface area contributed by atoms with Gasteiger partial charge < -0.3 is 14.8 Å². The van der Waals surface area contributed by atoms with E-state index in [9.17, 15) is 14.0 Å². The van der Waals surface area contributed by atoms with Gasteiger partial charge in [-0.05, 0) is 42.5 Å². The van der Waals surface area contributed by atoms with Gasteiger partial charge in [-0.1, -0.05) is 41.9 Å². The molecule has 0 fully saturated rings. The van der Waals surface area contributed by atoms with Crippen molar-refractivity contribution in [3.63, 3.8) is 0 Å². The fourth-order valence-electron chi connectivity index (χ4n) is 2.83. The number of benzene rings is 3. The maximum atomic E-state index is 13.4. The molecular formula is C23H15ClFNO4S. The van der Waals surface area contributed by atoms with Crippen LogP contribution in [0, 0.1) is 5.82 Å². The number of rotatable bonds is 6. The lowest BCUT2D eigenvalue weighted by molar-refractivity contribution is -0.119. The van der Waals surface area contributed by atoms with Crippen molar-refractivity contribution in [1.82, 2.24) is 0 Å². The number of carbonyl (C=O) groups is 2. The predicted molar refractivity (Wildman–Crippen MR) is 119 cm³/mol. The van der Waals surface area contributed by atoms with Crippen LogP contribution in [0.4, 0.5) is 10.1 Å². The molecule has 4 rings (SSSR count). The molecule has 0 aliphatic rings. The van der Waals surface area contributed by atoms with Gasteiger partial charge in [-0.2, -0.15) is 0 Å². The van der Waals surface area contributed by atoms with Crippen LogP contribution >= 0.6 is 22.9 Å². The smallest absolute Gasteiger partial charge is 0.350 e. The molecule has 1 heterocycles. The maximum absolute atomic E-state index is 13.4. The average molecular weight is 456 g/mol. The van der Waals surface area contributed by atoms with Gasteiger partial charge in [0.05, 0.1) is 10.7 Å². The van der Waals surface area contributed by atoms with Crippen LogP contribution in [-0.4, -0.2) is 18.5 Å². The number of esters is 1. The first kappa shape index (κ1) is 20.8. The highest BCUT2D eigenvalue weighted by molar-refractivity contribution is 7.21. The summed E-state index contributed by atoms with van der Waals surface area (Å²) in [6.45, 7) is -0.516. The molecule has 5 nitrogen and oxygen atoms in total. The summed E-state index contributed by atoms with van der Waals surface area (Å²) < 4.78 is 24.8. The second kappa shape index (κ2) is 9.16. The summed E-state index contributed by atoms with van der Waals surface area (Å²) in [6.07, 6.45) is 0. The third kappa shape index (κ3) is 4.84. The molecule has 3 aromatic carbocycles. The minimum atomic E-state index is -0.754. The van der Waals surface area contributed by atoms with Crippen molar-refractivity contribution in [3.05, 3.63) is 88.5 Å². The van der Waals surface area contributed by atoms with Crippen LogP contribution < -0.4 is 10.1 Å². The third-order valence-electron chi connectivity index (χ3n) is 4.24. The number of hydrogen-bond acceptors (Lipinski definition) is 5. The molecule has 0 atom stereocenters. The number of hydrogen-bond donors (Lipinski definition) is 1. The van der Waals surface area contributed by atoms with Crippen molar-refractivity contribution in [2.45, 2.75) is 0 Å². The van der Waals surface area contributed by atoms with E-state index in [1.807, 2.05) is 18.2 Å². The molecule has 0 bridgehead atoms. The number of halogens is 2. The van der Waals surface area contributed by atoms with Crippen LogP contribution in [0.15, 0.2) is 72.8 Å². The first-order chi connectivity index (χ1) is 15.0. The van der Waals surface area contributed by atoms with Crippen LogP contribution in [0.1, 0.15) is 9.67 Å². The highest BCUT2D eigenvalue weighted by atomic mass is 35.5. The second-order valence-electron chi connectivity index (χ2n) is 6.42. The SMILES string of the molecule is O=C(COC(=O)c1sc2cc(F)ccc2c1Cl)Nc1ccccc1Oc1ccccc1. The quantitative estimate of drug-likeness (QED) is 0.347. The van der Waals surface area contributed by atoms with Gasteiger partial charge in [-0.25, -0.2) is 9.18 Å². The van der Waals surface area contributed by atoms with E-state index in [0.29, 0.717) is 27.3 Å². The van der Waals surface area contributed by atoms with E-state index in [-0.39, 0.29) is 9.90 Å². The molecule has 156 valence electrons. The van der Waals surface area contributed by atoms with Gasteiger partial charge in [0.2, 0.25) is 0 Å². The highest BCUT2D eigenvalue weighted by Crippen LogP contribution is 2.36. The van der Waals surface area contributed by atoms with E-state index in [4.69, 9.17) is 21.1 Å². The molecule has 1 aromatic heterocycles. The Kier molecular flexibility index (Phi) is 6.16. The molecule has 31 heavy (non-hydrogen) atoms. The van der Waals surface area contributed by atoms with Crippen LogP contribution in [0.3, 0.4) is 0 Å². The summed E-state index contributed by atoms with van der Waals surface area (Å²) in [5.41, 5.74) is 0.433. The molecular weight excluding hydrogens is 441 g/mol. The first-order valence-electron chi connectivity index (χ1n) is 9.18. The summed E-state index contributed by atoms with van der Waals surface area (Å²) in [5.74, 6) is -0.660. The molecule has 1 amide bonds. The van der Waals surface area contributed by atoms with E-state index in [1.165, 1.54) is 18.2 Å². The molecule has 0 radical (unpaired) electrons. The topological polar surface area (TPSA) is 64.6 Å². The largest absolute Gasteiger partial charge is 0.455 e. The number of fused-ring (bicyclic) bond motifs is 1. The molecule has 4 aromatic rings. The Morgan fingerprint density at radius 1 is 1.00 bits per heavy atom. The van der Waals surface area contributed by atoms with Crippen LogP contribution in [0.5, 0.6) is 11.5 Å². The van der Waals surface area contributed by atoms with Gasteiger partial charge >= 0.3 is 5.97 Å². The summed E-state index contributed by atoms with van der Waals surface area (Å²) in [4.78, 5) is 24.8. The van der Waals surface area contributed by atoms with E-state index in [2.05, 4.69) is 5.32 Å². The Bertz CT molecular complexity index is 1260. The molecule has 8 heteroatoms.